The largest absolute Gasteiger partial charge is 0.348 e. The molecule has 0 aromatic carbocycles. The third-order valence-corrected chi connectivity index (χ3v) is 5.34. The van der Waals surface area contributed by atoms with E-state index in [1.54, 1.807) is 7.05 Å². The van der Waals surface area contributed by atoms with Gasteiger partial charge in [-0.2, -0.15) is 5.10 Å². The lowest BCUT2D eigenvalue weighted by Crippen LogP contribution is -2.45. The molecule has 5 nitrogen and oxygen atoms in total. The van der Waals surface area contributed by atoms with Gasteiger partial charge >= 0.3 is 0 Å². The lowest BCUT2D eigenvalue weighted by atomic mass is 9.69. The minimum atomic E-state index is -0.0754. The molecule has 2 fully saturated rings. The highest BCUT2D eigenvalue weighted by atomic mass is 16.2. The Morgan fingerprint density at radius 1 is 1.14 bits per heavy atom. The van der Waals surface area contributed by atoms with E-state index in [0.29, 0.717) is 24.6 Å². The second-order valence-electron chi connectivity index (χ2n) is 6.75. The van der Waals surface area contributed by atoms with Crippen molar-refractivity contribution in [3.8, 4) is 0 Å². The third kappa shape index (κ3) is 3.27. The molecule has 116 valence electrons. The van der Waals surface area contributed by atoms with Gasteiger partial charge in [0.1, 0.15) is 5.71 Å². The number of nitrogens with zero attached hydrogens (tertiary/aromatic N) is 2. The summed E-state index contributed by atoms with van der Waals surface area (Å²) in [5.74, 6) is 1.60. The summed E-state index contributed by atoms with van der Waals surface area (Å²) in [4.78, 5) is 23.7. The predicted octanol–water partition coefficient (Wildman–Crippen LogP) is 2.07. The van der Waals surface area contributed by atoms with E-state index < -0.39 is 0 Å². The molecule has 3 atom stereocenters. The van der Waals surface area contributed by atoms with Crippen LogP contribution in [0.2, 0.25) is 0 Å². The highest BCUT2D eigenvalue weighted by Crippen LogP contribution is 2.40. The zero-order valence-corrected chi connectivity index (χ0v) is 12.8. The summed E-state index contributed by atoms with van der Waals surface area (Å²) in [6.07, 6.45) is 9.76. The van der Waals surface area contributed by atoms with E-state index in [1.165, 1.54) is 37.1 Å². The van der Waals surface area contributed by atoms with Crippen LogP contribution in [-0.4, -0.2) is 35.6 Å². The summed E-state index contributed by atoms with van der Waals surface area (Å²) >= 11 is 0. The average Bonchev–Trinajstić information content (AvgIpc) is 2.50. The Bertz CT molecular complexity index is 460. The second-order valence-corrected chi connectivity index (χ2v) is 6.75. The molecule has 0 spiro atoms. The number of carbonyl (C=O) groups excluding carboxylic acids is 2. The maximum absolute atomic E-state index is 12.3. The van der Waals surface area contributed by atoms with Gasteiger partial charge in [-0.25, -0.2) is 5.01 Å². The zero-order chi connectivity index (χ0) is 14.8. The average molecular weight is 291 g/mol. The smallest absolute Gasteiger partial charge is 0.267 e. The summed E-state index contributed by atoms with van der Waals surface area (Å²) in [5.41, 5.74) is 0.503. The Hall–Kier alpha value is -1.39. The maximum Gasteiger partial charge on any atom is 0.267 e. The van der Waals surface area contributed by atoms with Crippen molar-refractivity contribution in [2.45, 2.75) is 63.8 Å². The molecule has 0 radical (unpaired) electrons. The van der Waals surface area contributed by atoms with Crippen molar-refractivity contribution in [2.75, 3.05) is 7.05 Å². The Morgan fingerprint density at radius 3 is 2.67 bits per heavy atom. The number of hydrogen-bond donors (Lipinski definition) is 1. The summed E-state index contributed by atoms with van der Waals surface area (Å²) in [6, 6.07) is 0.294. The molecule has 3 aliphatic rings. The van der Waals surface area contributed by atoms with Crippen molar-refractivity contribution in [2.24, 2.45) is 16.9 Å². The lowest BCUT2D eigenvalue weighted by molar-refractivity contribution is -0.130. The van der Waals surface area contributed by atoms with Gasteiger partial charge in [-0.05, 0) is 31.1 Å². The summed E-state index contributed by atoms with van der Waals surface area (Å²) in [7, 11) is 1.61. The molecule has 0 aromatic heterocycles. The monoisotopic (exact) mass is 291 g/mol. The molecule has 2 amide bonds. The number of amides is 2. The van der Waals surface area contributed by atoms with Gasteiger partial charge in [-0.15, -0.1) is 0 Å². The van der Waals surface area contributed by atoms with Gasteiger partial charge in [0.05, 0.1) is 0 Å². The van der Waals surface area contributed by atoms with Crippen LogP contribution < -0.4 is 5.32 Å². The molecular formula is C16H25N3O2. The van der Waals surface area contributed by atoms with Crippen LogP contribution in [0, 0.1) is 11.8 Å². The minimum Gasteiger partial charge on any atom is -0.348 e. The van der Waals surface area contributed by atoms with Crippen LogP contribution in [-0.2, 0) is 9.59 Å². The first-order chi connectivity index (χ1) is 10.1. The van der Waals surface area contributed by atoms with Crippen LogP contribution in [0.3, 0.4) is 0 Å². The van der Waals surface area contributed by atoms with Crippen molar-refractivity contribution in [1.82, 2.24) is 10.3 Å². The molecule has 0 aromatic rings. The van der Waals surface area contributed by atoms with Gasteiger partial charge in [0.2, 0.25) is 5.91 Å². The fourth-order valence-corrected chi connectivity index (χ4v) is 4.11. The number of fused-ring (bicyclic) bond motifs is 1. The van der Waals surface area contributed by atoms with Crippen LogP contribution in [0.4, 0.5) is 0 Å². The first kappa shape index (κ1) is 14.5. The van der Waals surface area contributed by atoms with Gasteiger partial charge in [0.25, 0.3) is 5.91 Å². The molecule has 1 N–H and O–H groups in total. The van der Waals surface area contributed by atoms with Crippen molar-refractivity contribution in [3.63, 3.8) is 0 Å². The van der Waals surface area contributed by atoms with E-state index in [-0.39, 0.29) is 11.8 Å². The first-order valence-corrected chi connectivity index (χ1v) is 8.28. The van der Waals surface area contributed by atoms with Crippen LogP contribution in [0.25, 0.3) is 0 Å². The minimum absolute atomic E-state index is 0.0192. The normalized spacial score (nSPS) is 33.2. The quantitative estimate of drug-likeness (QED) is 0.846. The molecule has 0 bridgehead atoms. The molecular weight excluding hydrogens is 266 g/mol. The summed E-state index contributed by atoms with van der Waals surface area (Å²) in [5, 5.41) is 8.54. The fraction of sp³-hybridized carbons (Fsp3) is 0.812. The summed E-state index contributed by atoms with van der Waals surface area (Å²) in [6.45, 7) is 0. The highest BCUT2D eigenvalue weighted by Gasteiger charge is 2.33. The van der Waals surface area contributed by atoms with Crippen LogP contribution in [0.5, 0.6) is 0 Å². The van der Waals surface area contributed by atoms with E-state index in [0.717, 1.165) is 24.7 Å². The number of carbonyl (C=O) groups is 2. The number of hydrazone groups is 1. The van der Waals surface area contributed by atoms with Crippen LogP contribution in [0.1, 0.15) is 57.8 Å². The molecule has 0 saturated heterocycles. The standard InChI is InChI=1S/C16H25N3O2/c1-19-15(20)9-8-14(18-19)16(21)17-13-7-6-11-4-2-3-5-12(11)10-13/h11-13H,2-10H2,1H3,(H,17,21). The lowest BCUT2D eigenvalue weighted by Gasteiger charge is -2.39. The van der Waals surface area contributed by atoms with E-state index in [2.05, 4.69) is 10.4 Å². The number of nitrogens with one attached hydrogen (secondary N) is 1. The van der Waals surface area contributed by atoms with E-state index >= 15 is 0 Å². The highest BCUT2D eigenvalue weighted by molar-refractivity contribution is 6.39. The van der Waals surface area contributed by atoms with Crippen molar-refractivity contribution >= 4 is 17.5 Å². The van der Waals surface area contributed by atoms with Gasteiger partial charge in [-0.3, -0.25) is 9.59 Å². The Labute approximate surface area is 126 Å². The summed E-state index contributed by atoms with van der Waals surface area (Å²) < 4.78 is 0. The molecule has 1 aliphatic heterocycles. The van der Waals surface area contributed by atoms with Crippen LogP contribution in [0.15, 0.2) is 5.10 Å². The molecule has 3 rings (SSSR count). The fourth-order valence-electron chi connectivity index (χ4n) is 4.11. The number of rotatable bonds is 2. The predicted molar refractivity (Wildman–Crippen MR) is 80.7 cm³/mol. The van der Waals surface area contributed by atoms with Gasteiger partial charge in [0, 0.05) is 25.9 Å². The van der Waals surface area contributed by atoms with Crippen LogP contribution >= 0.6 is 0 Å². The van der Waals surface area contributed by atoms with E-state index in [1.807, 2.05) is 0 Å². The molecule has 3 unspecified atom stereocenters. The Kier molecular flexibility index (Phi) is 4.27. The molecule has 1 heterocycles. The van der Waals surface area contributed by atoms with Crippen molar-refractivity contribution in [1.29, 1.82) is 0 Å². The first-order valence-electron chi connectivity index (χ1n) is 8.28. The number of hydrogen-bond acceptors (Lipinski definition) is 3. The second kappa shape index (κ2) is 6.16. The van der Waals surface area contributed by atoms with Gasteiger partial charge in [0.15, 0.2) is 0 Å². The molecule has 2 saturated carbocycles. The topological polar surface area (TPSA) is 61.8 Å². The third-order valence-electron chi connectivity index (χ3n) is 5.34. The van der Waals surface area contributed by atoms with Gasteiger partial charge < -0.3 is 5.32 Å². The van der Waals surface area contributed by atoms with Gasteiger partial charge in [-0.1, -0.05) is 25.7 Å². The van der Waals surface area contributed by atoms with E-state index in [4.69, 9.17) is 0 Å². The molecule has 21 heavy (non-hydrogen) atoms. The van der Waals surface area contributed by atoms with Crippen molar-refractivity contribution < 1.29 is 9.59 Å². The Balaban J connectivity index is 1.55. The van der Waals surface area contributed by atoms with Crippen molar-refractivity contribution in [3.05, 3.63) is 0 Å². The molecule has 5 heteroatoms. The molecule has 2 aliphatic carbocycles. The Morgan fingerprint density at radius 2 is 1.90 bits per heavy atom. The van der Waals surface area contributed by atoms with E-state index in [9.17, 15) is 9.59 Å². The SMILES string of the molecule is CN1N=C(C(=O)NC2CCC3CCCCC3C2)CCC1=O. The maximum atomic E-state index is 12.3. The zero-order valence-electron chi connectivity index (χ0n) is 12.8.